The minimum Gasteiger partial charge on any atom is -0.325 e. The lowest BCUT2D eigenvalue weighted by atomic mass is 10.2. The van der Waals surface area contributed by atoms with E-state index in [-0.39, 0.29) is 22.1 Å². The summed E-state index contributed by atoms with van der Waals surface area (Å²) >= 11 is 1.16. The summed E-state index contributed by atoms with van der Waals surface area (Å²) in [5.74, 6) is -0.275. The molecule has 1 amide bonds. The molecule has 1 aromatic heterocycles. The van der Waals surface area contributed by atoms with Crippen LogP contribution < -0.4 is 10.9 Å². The number of carbonyl (C=O) groups is 1. The number of amides is 1. The summed E-state index contributed by atoms with van der Waals surface area (Å²) in [6.07, 6.45) is 1.74. The van der Waals surface area contributed by atoms with E-state index in [4.69, 9.17) is 0 Å². The minimum absolute atomic E-state index is 0.0183. The Labute approximate surface area is 219 Å². The number of nitrogens with one attached hydrogen (secondary N) is 1. The first-order chi connectivity index (χ1) is 17.8. The normalized spacial score (nSPS) is 14.2. The molecule has 1 aliphatic heterocycles. The number of aromatic nitrogens is 2. The Hall–Kier alpha value is -3.47. The summed E-state index contributed by atoms with van der Waals surface area (Å²) in [6, 6.07) is 20.9. The Kier molecular flexibility index (Phi) is 7.14. The predicted molar refractivity (Wildman–Crippen MR) is 146 cm³/mol. The van der Waals surface area contributed by atoms with Gasteiger partial charge in [0.05, 0.1) is 27.2 Å². The minimum atomic E-state index is -3.51. The zero-order valence-electron chi connectivity index (χ0n) is 20.3. The van der Waals surface area contributed by atoms with Crippen LogP contribution in [0.15, 0.2) is 87.6 Å². The van der Waals surface area contributed by atoms with E-state index in [1.54, 1.807) is 30.3 Å². The molecule has 1 fully saturated rings. The van der Waals surface area contributed by atoms with E-state index in [1.807, 2.05) is 37.3 Å². The maximum Gasteiger partial charge on any atom is 0.266 e. The summed E-state index contributed by atoms with van der Waals surface area (Å²) in [5.41, 5.74) is 2.60. The van der Waals surface area contributed by atoms with Crippen LogP contribution in [0, 0.1) is 6.92 Å². The van der Waals surface area contributed by atoms with E-state index in [9.17, 15) is 18.0 Å². The van der Waals surface area contributed by atoms with Crippen LogP contribution in [0.3, 0.4) is 0 Å². The largest absolute Gasteiger partial charge is 0.325 e. The van der Waals surface area contributed by atoms with E-state index >= 15 is 0 Å². The van der Waals surface area contributed by atoms with E-state index in [0.717, 1.165) is 30.2 Å². The van der Waals surface area contributed by atoms with Crippen LogP contribution in [0.25, 0.3) is 16.6 Å². The van der Waals surface area contributed by atoms with Gasteiger partial charge in [-0.05, 0) is 68.3 Å². The number of sulfonamides is 1. The molecule has 37 heavy (non-hydrogen) atoms. The van der Waals surface area contributed by atoms with Gasteiger partial charge < -0.3 is 5.32 Å². The molecule has 0 aliphatic carbocycles. The molecule has 0 unspecified atom stereocenters. The zero-order valence-corrected chi connectivity index (χ0v) is 21.9. The van der Waals surface area contributed by atoms with Crippen molar-refractivity contribution in [1.82, 2.24) is 13.9 Å². The van der Waals surface area contributed by atoms with Gasteiger partial charge in [0, 0.05) is 18.8 Å². The molecular weight excluding hydrogens is 508 g/mol. The topological polar surface area (TPSA) is 101 Å². The molecule has 10 heteroatoms. The van der Waals surface area contributed by atoms with Gasteiger partial charge in [0.2, 0.25) is 15.9 Å². The second-order valence-electron chi connectivity index (χ2n) is 8.86. The Balaban J connectivity index is 1.34. The third kappa shape index (κ3) is 5.31. The van der Waals surface area contributed by atoms with Gasteiger partial charge in [-0.25, -0.2) is 13.4 Å². The first-order valence-electron chi connectivity index (χ1n) is 11.9. The molecule has 3 aromatic carbocycles. The van der Waals surface area contributed by atoms with Crippen LogP contribution in [0.2, 0.25) is 0 Å². The van der Waals surface area contributed by atoms with Gasteiger partial charge >= 0.3 is 0 Å². The Morgan fingerprint density at radius 1 is 0.973 bits per heavy atom. The van der Waals surface area contributed by atoms with Crippen LogP contribution >= 0.6 is 11.8 Å². The maximum absolute atomic E-state index is 13.3. The van der Waals surface area contributed by atoms with Crippen molar-refractivity contribution in [2.24, 2.45) is 0 Å². The van der Waals surface area contributed by atoms with E-state index < -0.39 is 10.0 Å². The third-order valence-electron chi connectivity index (χ3n) is 6.21. The summed E-state index contributed by atoms with van der Waals surface area (Å²) < 4.78 is 28.4. The Bertz CT molecular complexity index is 1610. The number of benzene rings is 3. The molecule has 4 aromatic rings. The first-order valence-corrected chi connectivity index (χ1v) is 14.4. The average molecular weight is 535 g/mol. The number of anilines is 1. The van der Waals surface area contributed by atoms with Gasteiger partial charge in [0.15, 0.2) is 5.16 Å². The van der Waals surface area contributed by atoms with Crippen LogP contribution in [0.4, 0.5) is 5.69 Å². The van der Waals surface area contributed by atoms with Crippen molar-refractivity contribution in [2.45, 2.75) is 29.8 Å². The SMILES string of the molecule is Cc1ccc(-n2c(SCC(=O)Nc3ccc(S(=O)(=O)N4CCCC4)cc3)nc3ccccc3c2=O)cc1. The highest BCUT2D eigenvalue weighted by Gasteiger charge is 2.27. The third-order valence-corrected chi connectivity index (χ3v) is 9.06. The standard InChI is InChI=1S/C27H26N4O4S2/c1-19-8-12-21(13-9-19)31-26(33)23-6-2-3-7-24(23)29-27(31)36-18-25(32)28-20-10-14-22(15-11-20)37(34,35)30-16-4-5-17-30/h2-3,6-15H,4-5,16-18H2,1H3,(H,28,32). The zero-order chi connectivity index (χ0) is 26.0. The fourth-order valence-electron chi connectivity index (χ4n) is 4.25. The van der Waals surface area contributed by atoms with Crippen molar-refractivity contribution < 1.29 is 13.2 Å². The molecule has 0 saturated carbocycles. The lowest BCUT2D eigenvalue weighted by Crippen LogP contribution is -2.27. The number of hydrogen-bond acceptors (Lipinski definition) is 6. The number of thioether (sulfide) groups is 1. The second kappa shape index (κ2) is 10.5. The van der Waals surface area contributed by atoms with Gasteiger partial charge in [-0.2, -0.15) is 4.31 Å². The molecule has 1 N–H and O–H groups in total. The molecule has 2 heterocycles. The molecule has 5 rings (SSSR count). The smallest absolute Gasteiger partial charge is 0.266 e. The van der Waals surface area contributed by atoms with Gasteiger partial charge in [0.1, 0.15) is 0 Å². The van der Waals surface area contributed by atoms with E-state index in [0.29, 0.717) is 40.5 Å². The van der Waals surface area contributed by atoms with Crippen molar-refractivity contribution in [3.05, 3.63) is 88.7 Å². The molecule has 1 aliphatic rings. The second-order valence-corrected chi connectivity index (χ2v) is 11.7. The van der Waals surface area contributed by atoms with Crippen molar-refractivity contribution in [3.63, 3.8) is 0 Å². The van der Waals surface area contributed by atoms with Crippen molar-refractivity contribution in [1.29, 1.82) is 0 Å². The molecular formula is C27H26N4O4S2. The summed E-state index contributed by atoms with van der Waals surface area (Å²) in [5, 5.41) is 3.71. The lowest BCUT2D eigenvalue weighted by molar-refractivity contribution is -0.113. The molecule has 0 spiro atoms. The first kappa shape index (κ1) is 25.2. The van der Waals surface area contributed by atoms with Gasteiger partial charge in [-0.3, -0.25) is 14.2 Å². The summed E-state index contributed by atoms with van der Waals surface area (Å²) in [4.78, 5) is 31.0. The molecule has 190 valence electrons. The lowest BCUT2D eigenvalue weighted by Gasteiger charge is -2.16. The molecule has 0 atom stereocenters. The Morgan fingerprint density at radius 2 is 1.65 bits per heavy atom. The van der Waals surface area contributed by atoms with Crippen molar-refractivity contribution in [3.8, 4) is 5.69 Å². The maximum atomic E-state index is 13.3. The van der Waals surface area contributed by atoms with Crippen molar-refractivity contribution in [2.75, 3.05) is 24.2 Å². The molecule has 1 saturated heterocycles. The fourth-order valence-corrected chi connectivity index (χ4v) is 6.58. The summed E-state index contributed by atoms with van der Waals surface area (Å²) in [7, 11) is -3.51. The van der Waals surface area contributed by atoms with E-state index in [1.165, 1.54) is 21.0 Å². The van der Waals surface area contributed by atoms with Gasteiger partial charge in [-0.1, -0.05) is 41.6 Å². The average Bonchev–Trinajstić information content (AvgIpc) is 3.45. The number of carbonyl (C=O) groups excluding carboxylic acids is 1. The fraction of sp³-hybridized carbons (Fsp3) is 0.222. The highest BCUT2D eigenvalue weighted by atomic mass is 32.2. The quantitative estimate of drug-likeness (QED) is 0.282. The molecule has 0 bridgehead atoms. The number of aryl methyl sites for hydroxylation is 1. The number of fused-ring (bicyclic) bond motifs is 1. The number of rotatable bonds is 7. The number of para-hydroxylation sites is 1. The van der Waals surface area contributed by atoms with Crippen LogP contribution in [0.1, 0.15) is 18.4 Å². The monoisotopic (exact) mass is 534 g/mol. The van der Waals surface area contributed by atoms with Crippen LogP contribution in [-0.4, -0.2) is 47.0 Å². The highest BCUT2D eigenvalue weighted by Crippen LogP contribution is 2.24. The molecule has 0 radical (unpaired) electrons. The number of hydrogen-bond donors (Lipinski definition) is 1. The summed E-state index contributed by atoms with van der Waals surface area (Å²) in [6.45, 7) is 3.04. The van der Waals surface area contributed by atoms with Gasteiger partial charge in [0.25, 0.3) is 5.56 Å². The van der Waals surface area contributed by atoms with Crippen LogP contribution in [0.5, 0.6) is 0 Å². The van der Waals surface area contributed by atoms with Crippen LogP contribution in [-0.2, 0) is 14.8 Å². The Morgan fingerprint density at radius 3 is 2.35 bits per heavy atom. The van der Waals surface area contributed by atoms with Gasteiger partial charge in [-0.15, -0.1) is 0 Å². The van der Waals surface area contributed by atoms with E-state index in [2.05, 4.69) is 10.3 Å². The number of nitrogens with zero attached hydrogens (tertiary/aromatic N) is 3. The predicted octanol–water partition coefficient (Wildman–Crippen LogP) is 4.21. The van der Waals surface area contributed by atoms with Crippen molar-refractivity contribution >= 4 is 44.3 Å². The molecule has 8 nitrogen and oxygen atoms in total. The highest BCUT2D eigenvalue weighted by molar-refractivity contribution is 7.99.